The third kappa shape index (κ3) is 3.88. The van der Waals surface area contributed by atoms with Crippen molar-refractivity contribution in [2.24, 2.45) is 0 Å². The fourth-order valence-corrected chi connectivity index (χ4v) is 3.81. The summed E-state index contributed by atoms with van der Waals surface area (Å²) in [5, 5.41) is 9.37. The number of hydrogen-bond donors (Lipinski definition) is 0. The summed E-state index contributed by atoms with van der Waals surface area (Å²) in [6.45, 7) is 2.75. The van der Waals surface area contributed by atoms with Crippen molar-refractivity contribution in [2.75, 3.05) is 7.11 Å². The van der Waals surface area contributed by atoms with Gasteiger partial charge in [-0.15, -0.1) is 10.2 Å². The molecule has 0 spiro atoms. The molecule has 0 saturated carbocycles. The van der Waals surface area contributed by atoms with Gasteiger partial charge in [0.2, 0.25) is 0 Å². The summed E-state index contributed by atoms with van der Waals surface area (Å²) in [4.78, 5) is 0. The molecule has 0 aliphatic heterocycles. The zero-order chi connectivity index (χ0) is 17.8. The van der Waals surface area contributed by atoms with E-state index in [0.717, 1.165) is 26.8 Å². The summed E-state index contributed by atoms with van der Waals surface area (Å²) in [6, 6.07) is 12.8. The minimum atomic E-state index is -0.227. The molecule has 0 saturated heterocycles. The highest BCUT2D eigenvalue weighted by molar-refractivity contribution is 9.10. The molecule has 0 atom stereocenters. The molecule has 0 N–H and O–H groups in total. The normalized spacial score (nSPS) is 10.9. The van der Waals surface area contributed by atoms with Gasteiger partial charge in [-0.25, -0.2) is 4.39 Å². The number of halogens is 2. The van der Waals surface area contributed by atoms with Gasteiger partial charge in [0, 0.05) is 16.8 Å². The average Bonchev–Trinajstić information content (AvgIpc) is 3.03. The van der Waals surface area contributed by atoms with Gasteiger partial charge in [-0.05, 0) is 36.8 Å². The summed E-state index contributed by atoms with van der Waals surface area (Å²) in [5.74, 6) is 1.76. The van der Waals surface area contributed by atoms with Crippen LogP contribution in [0, 0.1) is 5.82 Å². The lowest BCUT2D eigenvalue weighted by Crippen LogP contribution is -2.01. The van der Waals surface area contributed by atoms with E-state index in [1.165, 1.54) is 17.8 Å². The van der Waals surface area contributed by atoms with Gasteiger partial charge in [-0.1, -0.05) is 45.9 Å². The zero-order valence-electron chi connectivity index (χ0n) is 13.9. The molecule has 2 aromatic carbocycles. The van der Waals surface area contributed by atoms with Crippen LogP contribution in [0.2, 0.25) is 0 Å². The Kier molecular flexibility index (Phi) is 5.75. The maximum Gasteiger partial charge on any atom is 0.191 e. The Balaban J connectivity index is 1.87. The first kappa shape index (κ1) is 17.9. The van der Waals surface area contributed by atoms with Gasteiger partial charge >= 0.3 is 0 Å². The van der Waals surface area contributed by atoms with E-state index >= 15 is 0 Å². The van der Waals surface area contributed by atoms with Crippen LogP contribution >= 0.6 is 27.7 Å². The van der Waals surface area contributed by atoms with Crippen molar-refractivity contribution in [1.82, 2.24) is 14.8 Å². The van der Waals surface area contributed by atoms with Crippen molar-refractivity contribution in [2.45, 2.75) is 24.4 Å². The van der Waals surface area contributed by atoms with E-state index in [-0.39, 0.29) is 5.82 Å². The SMILES string of the molecule is CCn1c(SCc2ccc(Br)cc2F)nnc1-c1ccccc1OC. The molecule has 0 radical (unpaired) electrons. The molecular formula is C18H17BrFN3OS. The van der Waals surface area contributed by atoms with Crippen molar-refractivity contribution in [1.29, 1.82) is 0 Å². The summed E-state index contributed by atoms with van der Waals surface area (Å²) >= 11 is 4.74. The van der Waals surface area contributed by atoms with E-state index in [2.05, 4.69) is 26.1 Å². The van der Waals surface area contributed by atoms with Crippen LogP contribution in [0.15, 0.2) is 52.1 Å². The smallest absolute Gasteiger partial charge is 0.191 e. The van der Waals surface area contributed by atoms with Crippen molar-refractivity contribution in [3.63, 3.8) is 0 Å². The van der Waals surface area contributed by atoms with Gasteiger partial charge in [0.1, 0.15) is 11.6 Å². The molecule has 0 bridgehead atoms. The van der Waals surface area contributed by atoms with E-state index in [1.54, 1.807) is 13.2 Å². The van der Waals surface area contributed by atoms with E-state index in [9.17, 15) is 4.39 Å². The second-order valence-electron chi connectivity index (χ2n) is 5.28. The molecule has 0 unspecified atom stereocenters. The van der Waals surface area contributed by atoms with E-state index < -0.39 is 0 Å². The molecular weight excluding hydrogens is 405 g/mol. The van der Waals surface area contributed by atoms with Gasteiger partial charge in [-0.2, -0.15) is 0 Å². The van der Waals surface area contributed by atoms with Crippen LogP contribution in [0.5, 0.6) is 5.75 Å². The predicted octanol–water partition coefficient (Wildman–Crippen LogP) is 5.17. The second-order valence-corrected chi connectivity index (χ2v) is 7.13. The van der Waals surface area contributed by atoms with E-state index in [4.69, 9.17) is 4.74 Å². The maximum atomic E-state index is 14.0. The molecule has 0 aliphatic carbocycles. The van der Waals surface area contributed by atoms with Gasteiger partial charge < -0.3 is 9.30 Å². The Morgan fingerprint density at radius 1 is 1.20 bits per heavy atom. The molecule has 130 valence electrons. The van der Waals surface area contributed by atoms with Gasteiger partial charge in [-0.3, -0.25) is 0 Å². The summed E-state index contributed by atoms with van der Waals surface area (Å²) < 4.78 is 22.2. The van der Waals surface area contributed by atoms with Crippen molar-refractivity contribution in [3.05, 3.63) is 58.3 Å². The van der Waals surface area contributed by atoms with Gasteiger partial charge in [0.25, 0.3) is 0 Å². The van der Waals surface area contributed by atoms with E-state index in [1.807, 2.05) is 41.8 Å². The lowest BCUT2D eigenvalue weighted by Gasteiger charge is -2.10. The van der Waals surface area contributed by atoms with Crippen LogP contribution in [0.4, 0.5) is 4.39 Å². The highest BCUT2D eigenvalue weighted by Crippen LogP contribution is 2.32. The molecule has 0 amide bonds. The first-order chi connectivity index (χ1) is 12.1. The van der Waals surface area contributed by atoms with Crippen LogP contribution in [0.25, 0.3) is 11.4 Å². The minimum Gasteiger partial charge on any atom is -0.496 e. The Bertz CT molecular complexity index is 885. The number of para-hydroxylation sites is 1. The Labute approximate surface area is 158 Å². The number of rotatable bonds is 6. The van der Waals surface area contributed by atoms with Crippen molar-refractivity contribution in [3.8, 4) is 17.1 Å². The molecule has 4 nitrogen and oxygen atoms in total. The molecule has 25 heavy (non-hydrogen) atoms. The average molecular weight is 422 g/mol. The lowest BCUT2D eigenvalue weighted by atomic mass is 10.2. The second kappa shape index (κ2) is 8.01. The summed E-state index contributed by atoms with van der Waals surface area (Å²) in [7, 11) is 1.64. The quantitative estimate of drug-likeness (QED) is 0.514. The predicted molar refractivity (Wildman–Crippen MR) is 101 cm³/mol. The number of benzene rings is 2. The van der Waals surface area contributed by atoms with Crippen LogP contribution < -0.4 is 4.74 Å². The Morgan fingerprint density at radius 2 is 2.00 bits per heavy atom. The third-order valence-electron chi connectivity index (χ3n) is 3.75. The molecule has 1 heterocycles. The van der Waals surface area contributed by atoms with Crippen LogP contribution in [0.1, 0.15) is 12.5 Å². The van der Waals surface area contributed by atoms with Crippen LogP contribution in [0.3, 0.4) is 0 Å². The first-order valence-corrected chi connectivity index (χ1v) is 9.55. The fraction of sp³-hybridized carbons (Fsp3) is 0.222. The highest BCUT2D eigenvalue weighted by atomic mass is 79.9. The topological polar surface area (TPSA) is 39.9 Å². The Morgan fingerprint density at radius 3 is 2.72 bits per heavy atom. The van der Waals surface area contributed by atoms with Gasteiger partial charge in [0.05, 0.1) is 12.7 Å². The van der Waals surface area contributed by atoms with Crippen LogP contribution in [-0.2, 0) is 12.3 Å². The number of aromatic nitrogens is 3. The maximum absolute atomic E-state index is 14.0. The van der Waals surface area contributed by atoms with Crippen LogP contribution in [-0.4, -0.2) is 21.9 Å². The monoisotopic (exact) mass is 421 g/mol. The molecule has 0 fully saturated rings. The third-order valence-corrected chi connectivity index (χ3v) is 5.26. The number of nitrogens with zero attached hydrogens (tertiary/aromatic N) is 3. The van der Waals surface area contributed by atoms with Gasteiger partial charge in [0.15, 0.2) is 11.0 Å². The number of ether oxygens (including phenoxy) is 1. The molecule has 3 rings (SSSR count). The number of hydrogen-bond acceptors (Lipinski definition) is 4. The highest BCUT2D eigenvalue weighted by Gasteiger charge is 2.16. The standard InChI is InChI=1S/C18H17BrFN3OS/c1-3-23-17(14-6-4-5-7-16(14)24-2)21-22-18(23)25-11-12-8-9-13(19)10-15(12)20/h4-10H,3,11H2,1-2H3. The molecule has 0 aliphatic rings. The largest absolute Gasteiger partial charge is 0.496 e. The zero-order valence-corrected chi connectivity index (χ0v) is 16.3. The van der Waals surface area contributed by atoms with Crippen molar-refractivity contribution >= 4 is 27.7 Å². The number of methoxy groups -OCH3 is 1. The summed E-state index contributed by atoms with van der Waals surface area (Å²) in [5.41, 5.74) is 1.53. The summed E-state index contributed by atoms with van der Waals surface area (Å²) in [6.07, 6.45) is 0. The first-order valence-electron chi connectivity index (χ1n) is 7.77. The van der Waals surface area contributed by atoms with E-state index in [0.29, 0.717) is 17.9 Å². The fourth-order valence-electron chi connectivity index (χ4n) is 2.49. The van der Waals surface area contributed by atoms with Crippen molar-refractivity contribution < 1.29 is 9.13 Å². The number of thioether (sulfide) groups is 1. The minimum absolute atomic E-state index is 0.227. The molecule has 3 aromatic rings. The molecule has 1 aromatic heterocycles. The molecule has 7 heteroatoms. The lowest BCUT2D eigenvalue weighted by molar-refractivity contribution is 0.416. The Hall–Kier alpha value is -1.86.